The van der Waals surface area contributed by atoms with Gasteiger partial charge in [-0.05, 0) is 12.1 Å². The van der Waals surface area contributed by atoms with Crippen molar-refractivity contribution in [1.29, 1.82) is 0 Å². The van der Waals surface area contributed by atoms with Crippen molar-refractivity contribution in [2.75, 3.05) is 0 Å². The van der Waals surface area contributed by atoms with Crippen LogP contribution in [0.3, 0.4) is 0 Å². The molecule has 0 aliphatic heterocycles. The highest BCUT2D eigenvalue weighted by atomic mass is 19.4. The van der Waals surface area contributed by atoms with E-state index in [-0.39, 0.29) is 18.2 Å². The quantitative estimate of drug-likeness (QED) is 0.855. The molecule has 0 amide bonds. The first-order valence-electron chi connectivity index (χ1n) is 4.21. The molecule has 0 aromatic carbocycles. The summed E-state index contributed by atoms with van der Waals surface area (Å²) < 4.78 is 45.9. The average Bonchev–Trinajstić information content (AvgIpc) is 2.85. The van der Waals surface area contributed by atoms with Crippen molar-refractivity contribution < 1.29 is 22.1 Å². The molecule has 2 rings (SSSR count). The van der Waals surface area contributed by atoms with Gasteiger partial charge in [0.25, 0.3) is 11.7 Å². The van der Waals surface area contributed by atoms with Crippen LogP contribution in [0.15, 0.2) is 21.1 Å². The summed E-state index contributed by atoms with van der Waals surface area (Å²) in [6.07, 6.45) is -4.63. The third kappa shape index (κ3) is 1.91. The smallest absolute Gasteiger partial charge is 0.455 e. The van der Waals surface area contributed by atoms with E-state index in [1.165, 1.54) is 12.1 Å². The van der Waals surface area contributed by atoms with E-state index in [9.17, 15) is 13.2 Å². The minimum atomic E-state index is -4.63. The molecule has 0 aliphatic rings. The fourth-order valence-corrected chi connectivity index (χ4v) is 1.04. The molecule has 2 aromatic heterocycles. The van der Waals surface area contributed by atoms with Gasteiger partial charge < -0.3 is 14.7 Å². The maximum Gasteiger partial charge on any atom is 0.455 e. The zero-order valence-electron chi connectivity index (χ0n) is 7.78. The van der Waals surface area contributed by atoms with Gasteiger partial charge in [-0.15, -0.1) is 0 Å². The van der Waals surface area contributed by atoms with Crippen molar-refractivity contribution in [3.63, 3.8) is 0 Å². The van der Waals surface area contributed by atoms with E-state index in [0.29, 0.717) is 5.76 Å². The summed E-state index contributed by atoms with van der Waals surface area (Å²) in [6, 6.07) is 2.93. The molecule has 0 bridgehead atoms. The van der Waals surface area contributed by atoms with Crippen molar-refractivity contribution in [3.8, 4) is 11.7 Å². The average molecular weight is 233 g/mol. The van der Waals surface area contributed by atoms with Crippen molar-refractivity contribution in [2.45, 2.75) is 12.7 Å². The topological polar surface area (TPSA) is 78.1 Å². The monoisotopic (exact) mass is 233 g/mol. The Balaban J connectivity index is 2.31. The Kier molecular flexibility index (Phi) is 2.43. The fraction of sp³-hybridized carbons (Fsp3) is 0.250. The molecule has 2 heterocycles. The van der Waals surface area contributed by atoms with Crippen LogP contribution in [-0.4, -0.2) is 10.1 Å². The first-order valence-corrected chi connectivity index (χ1v) is 4.21. The number of alkyl halides is 3. The molecular weight excluding hydrogens is 227 g/mol. The maximum atomic E-state index is 12.2. The highest BCUT2D eigenvalue weighted by Crippen LogP contribution is 2.29. The summed E-state index contributed by atoms with van der Waals surface area (Å²) >= 11 is 0. The van der Waals surface area contributed by atoms with Gasteiger partial charge in [-0.2, -0.15) is 18.2 Å². The third-order valence-electron chi connectivity index (χ3n) is 1.75. The Hall–Kier alpha value is -1.83. The number of hydrogen-bond acceptors (Lipinski definition) is 5. The largest absolute Gasteiger partial charge is 0.455 e. The molecular formula is C8H6F3N3O2. The molecule has 8 heteroatoms. The number of rotatable bonds is 2. The number of nitrogens with zero attached hydrogens (tertiary/aromatic N) is 2. The number of aromatic nitrogens is 2. The third-order valence-corrected chi connectivity index (χ3v) is 1.75. The Labute approximate surface area is 87.0 Å². The van der Waals surface area contributed by atoms with Gasteiger partial charge in [-0.3, -0.25) is 0 Å². The van der Waals surface area contributed by atoms with Gasteiger partial charge in [0.2, 0.25) is 0 Å². The molecule has 2 N–H and O–H groups in total. The van der Waals surface area contributed by atoms with Gasteiger partial charge in [0, 0.05) is 0 Å². The van der Waals surface area contributed by atoms with Crippen LogP contribution in [0.2, 0.25) is 0 Å². The Morgan fingerprint density at radius 3 is 2.56 bits per heavy atom. The summed E-state index contributed by atoms with van der Waals surface area (Å²) in [4.78, 5) is 3.16. The fourth-order valence-electron chi connectivity index (χ4n) is 1.04. The molecule has 0 unspecified atom stereocenters. The van der Waals surface area contributed by atoms with Crippen LogP contribution in [0.25, 0.3) is 11.7 Å². The predicted octanol–water partition coefficient (Wildman–Crippen LogP) is 1.81. The van der Waals surface area contributed by atoms with Crippen LogP contribution in [-0.2, 0) is 12.7 Å². The van der Waals surface area contributed by atoms with E-state index in [4.69, 9.17) is 10.2 Å². The van der Waals surface area contributed by atoms with Gasteiger partial charge in [-0.25, -0.2) is 0 Å². The van der Waals surface area contributed by atoms with Crippen molar-refractivity contribution >= 4 is 0 Å². The maximum absolute atomic E-state index is 12.2. The molecule has 0 aliphatic carbocycles. The van der Waals surface area contributed by atoms with E-state index in [1.807, 2.05) is 0 Å². The second-order valence-electron chi connectivity index (χ2n) is 2.89. The molecule has 16 heavy (non-hydrogen) atoms. The first-order chi connectivity index (χ1) is 7.50. The van der Waals surface area contributed by atoms with Crippen molar-refractivity contribution in [1.82, 2.24) is 10.1 Å². The van der Waals surface area contributed by atoms with Crippen LogP contribution in [0.4, 0.5) is 13.2 Å². The summed E-state index contributed by atoms with van der Waals surface area (Å²) in [5.41, 5.74) is 5.28. The second kappa shape index (κ2) is 3.63. The van der Waals surface area contributed by atoms with E-state index in [1.54, 1.807) is 0 Å². The molecule has 0 spiro atoms. The lowest BCUT2D eigenvalue weighted by Gasteiger charge is -1.95. The standard InChI is InChI=1S/C8H6F3N3O2/c9-8(10,11)7-13-6(16-14-7)5-2-1-4(3-12)15-5/h1-2H,3,12H2. The van der Waals surface area contributed by atoms with Crippen LogP contribution in [0.5, 0.6) is 0 Å². The Bertz CT molecular complexity index is 489. The number of halogens is 3. The Morgan fingerprint density at radius 1 is 1.31 bits per heavy atom. The first kappa shape index (κ1) is 10.7. The van der Waals surface area contributed by atoms with Crippen molar-refractivity contribution in [2.24, 2.45) is 5.73 Å². The van der Waals surface area contributed by atoms with Crippen LogP contribution >= 0.6 is 0 Å². The number of furan rings is 1. The minimum absolute atomic E-state index is 0.0588. The summed E-state index contributed by atoms with van der Waals surface area (Å²) in [6.45, 7) is 0.139. The summed E-state index contributed by atoms with van der Waals surface area (Å²) in [5, 5.41) is 2.80. The molecule has 0 fully saturated rings. The second-order valence-corrected chi connectivity index (χ2v) is 2.89. The van der Waals surface area contributed by atoms with E-state index in [0.717, 1.165) is 0 Å². The predicted molar refractivity (Wildman–Crippen MR) is 44.9 cm³/mol. The normalized spacial score (nSPS) is 12.0. The SMILES string of the molecule is NCc1ccc(-c2nc(C(F)(F)F)no2)o1. The number of nitrogens with two attached hydrogens (primary N) is 1. The lowest BCUT2D eigenvalue weighted by molar-refractivity contribution is -0.146. The highest BCUT2D eigenvalue weighted by molar-refractivity contribution is 5.44. The number of hydrogen-bond donors (Lipinski definition) is 1. The highest BCUT2D eigenvalue weighted by Gasteiger charge is 2.37. The lowest BCUT2D eigenvalue weighted by atomic mass is 10.4. The molecule has 5 nitrogen and oxygen atoms in total. The summed E-state index contributed by atoms with van der Waals surface area (Å²) in [5.74, 6) is -1.19. The van der Waals surface area contributed by atoms with Crippen LogP contribution < -0.4 is 5.73 Å². The summed E-state index contributed by atoms with van der Waals surface area (Å²) in [7, 11) is 0. The van der Waals surface area contributed by atoms with Gasteiger partial charge in [0.15, 0.2) is 5.76 Å². The molecule has 0 saturated carbocycles. The van der Waals surface area contributed by atoms with Crippen molar-refractivity contribution in [3.05, 3.63) is 23.7 Å². The van der Waals surface area contributed by atoms with Gasteiger partial charge in [0.1, 0.15) is 5.76 Å². The molecule has 0 radical (unpaired) electrons. The Morgan fingerprint density at radius 2 is 2.06 bits per heavy atom. The van der Waals surface area contributed by atoms with E-state index >= 15 is 0 Å². The van der Waals surface area contributed by atoms with Crippen LogP contribution in [0.1, 0.15) is 11.6 Å². The molecule has 86 valence electrons. The zero-order valence-corrected chi connectivity index (χ0v) is 7.78. The molecule has 2 aromatic rings. The lowest BCUT2D eigenvalue weighted by Crippen LogP contribution is -2.06. The zero-order chi connectivity index (χ0) is 11.8. The van der Waals surface area contributed by atoms with E-state index < -0.39 is 12.0 Å². The molecule has 0 saturated heterocycles. The molecule has 0 atom stereocenters. The minimum Gasteiger partial charge on any atom is -0.455 e. The van der Waals surface area contributed by atoms with Gasteiger partial charge in [-0.1, -0.05) is 5.16 Å². The van der Waals surface area contributed by atoms with E-state index in [2.05, 4.69) is 14.7 Å². The van der Waals surface area contributed by atoms with Gasteiger partial charge in [0.05, 0.1) is 6.54 Å². The van der Waals surface area contributed by atoms with Gasteiger partial charge >= 0.3 is 6.18 Å². The van der Waals surface area contributed by atoms with Crippen LogP contribution in [0, 0.1) is 0 Å².